The summed E-state index contributed by atoms with van der Waals surface area (Å²) in [5.41, 5.74) is 2.16. The number of ether oxygens (including phenoxy) is 1. The summed E-state index contributed by atoms with van der Waals surface area (Å²) < 4.78 is 8.28. The van der Waals surface area contributed by atoms with Gasteiger partial charge in [-0.3, -0.25) is 14.2 Å². The summed E-state index contributed by atoms with van der Waals surface area (Å²) in [6, 6.07) is 15.4. The van der Waals surface area contributed by atoms with Gasteiger partial charge in [0.15, 0.2) is 5.15 Å². The van der Waals surface area contributed by atoms with Crippen LogP contribution >= 0.6 is 23.2 Å². The van der Waals surface area contributed by atoms with Gasteiger partial charge in [0.25, 0.3) is 5.56 Å². The van der Waals surface area contributed by atoms with Crippen LogP contribution in [0.4, 0.5) is 0 Å². The lowest BCUT2D eigenvalue weighted by Gasteiger charge is -2.31. The van der Waals surface area contributed by atoms with Gasteiger partial charge in [-0.05, 0) is 23.8 Å². The average molecular weight is 525 g/mol. The Morgan fingerprint density at radius 1 is 1.06 bits per heavy atom. The van der Waals surface area contributed by atoms with Gasteiger partial charge in [0.05, 0.1) is 37.1 Å². The molecule has 184 valence electrons. The maximum atomic E-state index is 13.5. The predicted molar refractivity (Wildman–Crippen MR) is 135 cm³/mol. The molecule has 0 aliphatic carbocycles. The fourth-order valence-corrected chi connectivity index (χ4v) is 4.50. The molecule has 0 saturated carbocycles. The highest BCUT2D eigenvalue weighted by Gasteiger charge is 2.28. The Morgan fingerprint density at radius 2 is 1.83 bits per heavy atom. The van der Waals surface area contributed by atoms with Crippen molar-refractivity contribution in [3.8, 4) is 16.9 Å². The maximum Gasteiger partial charge on any atom is 0.254 e. The van der Waals surface area contributed by atoms with Crippen molar-refractivity contribution in [2.45, 2.75) is 12.5 Å². The topological polar surface area (TPSA) is 95.1 Å². The lowest BCUT2D eigenvalue weighted by atomic mass is 10.0. The van der Waals surface area contributed by atoms with Crippen LogP contribution in [0, 0.1) is 0 Å². The van der Waals surface area contributed by atoms with Gasteiger partial charge in [-0.1, -0.05) is 58.7 Å². The van der Waals surface area contributed by atoms with E-state index in [0.29, 0.717) is 54.7 Å². The lowest BCUT2D eigenvalue weighted by molar-refractivity contribution is -0.139. The summed E-state index contributed by atoms with van der Waals surface area (Å²) in [6.07, 6.45) is 3.33. The van der Waals surface area contributed by atoms with Gasteiger partial charge in [-0.15, -0.1) is 5.10 Å². The van der Waals surface area contributed by atoms with Crippen LogP contribution in [0.3, 0.4) is 0 Å². The maximum absolute atomic E-state index is 13.5. The van der Waals surface area contributed by atoms with E-state index in [4.69, 9.17) is 27.9 Å². The van der Waals surface area contributed by atoms with E-state index >= 15 is 0 Å². The summed E-state index contributed by atoms with van der Waals surface area (Å²) in [4.78, 5) is 33.2. The van der Waals surface area contributed by atoms with E-state index < -0.39 is 6.04 Å². The number of amides is 1. The number of rotatable bonds is 6. The zero-order valence-electron chi connectivity index (χ0n) is 19.1. The number of benzene rings is 2. The third-order valence-corrected chi connectivity index (χ3v) is 6.41. The van der Waals surface area contributed by atoms with Crippen molar-refractivity contribution in [3.63, 3.8) is 0 Å². The molecule has 0 N–H and O–H groups in total. The first-order valence-corrected chi connectivity index (χ1v) is 12.1. The van der Waals surface area contributed by atoms with Crippen LogP contribution in [0.2, 0.25) is 10.2 Å². The number of aromatic nitrogens is 5. The molecule has 1 aliphatic rings. The van der Waals surface area contributed by atoms with Gasteiger partial charge in [0.2, 0.25) is 5.91 Å². The molecule has 0 radical (unpaired) electrons. The average Bonchev–Trinajstić information content (AvgIpc) is 3.34. The molecule has 2 aromatic heterocycles. The predicted octanol–water partition coefficient (Wildman–Crippen LogP) is 3.44. The normalized spacial score (nSPS) is 14.6. The Hall–Kier alpha value is -3.53. The Kier molecular flexibility index (Phi) is 7.13. The lowest BCUT2D eigenvalue weighted by Crippen LogP contribution is -2.46. The van der Waals surface area contributed by atoms with E-state index in [0.717, 1.165) is 5.56 Å². The zero-order chi connectivity index (χ0) is 25.1. The number of hydrogen-bond acceptors (Lipinski definition) is 6. The Bertz CT molecular complexity index is 1430. The van der Waals surface area contributed by atoms with Gasteiger partial charge in [0.1, 0.15) is 6.04 Å². The quantitative estimate of drug-likeness (QED) is 0.383. The van der Waals surface area contributed by atoms with Gasteiger partial charge >= 0.3 is 0 Å². The molecule has 0 bridgehead atoms. The largest absolute Gasteiger partial charge is 0.378 e. The minimum Gasteiger partial charge on any atom is -0.378 e. The van der Waals surface area contributed by atoms with Crippen LogP contribution in [-0.2, 0) is 16.0 Å². The second-order valence-electron chi connectivity index (χ2n) is 8.31. The van der Waals surface area contributed by atoms with Gasteiger partial charge < -0.3 is 9.64 Å². The van der Waals surface area contributed by atoms with Crippen LogP contribution in [0.15, 0.2) is 71.9 Å². The van der Waals surface area contributed by atoms with Crippen LogP contribution in [-0.4, -0.2) is 61.7 Å². The van der Waals surface area contributed by atoms with Crippen molar-refractivity contribution in [2.24, 2.45) is 0 Å². The van der Waals surface area contributed by atoms with Crippen molar-refractivity contribution in [1.29, 1.82) is 0 Å². The second kappa shape index (κ2) is 10.6. The van der Waals surface area contributed by atoms with Gasteiger partial charge in [0, 0.05) is 36.2 Å². The first kappa shape index (κ1) is 24.2. The number of carbonyl (C=O) groups is 1. The van der Waals surface area contributed by atoms with Gasteiger partial charge in [-0.2, -0.15) is 0 Å². The first-order chi connectivity index (χ1) is 17.5. The molecule has 1 atom stereocenters. The van der Waals surface area contributed by atoms with Crippen molar-refractivity contribution in [1.82, 2.24) is 29.4 Å². The van der Waals surface area contributed by atoms with Crippen LogP contribution in [0.1, 0.15) is 11.6 Å². The van der Waals surface area contributed by atoms with E-state index in [2.05, 4.69) is 15.3 Å². The second-order valence-corrected chi connectivity index (χ2v) is 9.13. The van der Waals surface area contributed by atoms with E-state index in [9.17, 15) is 9.59 Å². The standard InChI is InChI=1S/C25H22Cl2N6O3/c26-18-6-7-21(33-15-23(27)29-30-33)19(13-18)20-14-24(34)32(16-28-20)22(12-17-4-2-1-3-5-17)25(35)31-8-10-36-11-9-31/h1-7,13-16,22H,8-12H2. The molecular formula is C25H22Cl2N6O3. The molecule has 1 fully saturated rings. The number of nitrogens with zero attached hydrogens (tertiary/aromatic N) is 6. The number of hydrogen-bond donors (Lipinski definition) is 0. The molecule has 2 aromatic carbocycles. The molecule has 1 aliphatic heterocycles. The number of morpholine rings is 1. The van der Waals surface area contributed by atoms with E-state index in [1.165, 1.54) is 21.6 Å². The van der Waals surface area contributed by atoms with Crippen LogP contribution < -0.4 is 5.56 Å². The summed E-state index contributed by atoms with van der Waals surface area (Å²) >= 11 is 12.2. The summed E-state index contributed by atoms with van der Waals surface area (Å²) in [5, 5.41) is 8.52. The van der Waals surface area contributed by atoms with Crippen molar-refractivity contribution in [3.05, 3.63) is 93.2 Å². The van der Waals surface area contributed by atoms with Gasteiger partial charge in [-0.25, -0.2) is 9.67 Å². The molecule has 1 unspecified atom stereocenters. The molecule has 1 amide bonds. The summed E-state index contributed by atoms with van der Waals surface area (Å²) in [5.74, 6) is -0.139. The SMILES string of the molecule is O=C(C(Cc1ccccc1)n1cnc(-c2cc(Cl)ccc2-n2cc(Cl)nn2)cc1=O)N1CCOCC1. The molecule has 3 heterocycles. The fourth-order valence-electron chi connectivity index (χ4n) is 4.20. The third kappa shape index (κ3) is 5.18. The monoisotopic (exact) mass is 524 g/mol. The Balaban J connectivity index is 1.54. The highest BCUT2D eigenvalue weighted by atomic mass is 35.5. The summed E-state index contributed by atoms with van der Waals surface area (Å²) in [6.45, 7) is 1.91. The molecule has 11 heteroatoms. The first-order valence-electron chi connectivity index (χ1n) is 11.4. The minimum absolute atomic E-state index is 0.139. The van der Waals surface area contributed by atoms with Crippen molar-refractivity contribution < 1.29 is 9.53 Å². The Labute approximate surface area is 216 Å². The van der Waals surface area contributed by atoms with E-state index in [-0.39, 0.29) is 16.6 Å². The Morgan fingerprint density at radius 3 is 2.53 bits per heavy atom. The minimum atomic E-state index is -0.743. The van der Waals surface area contributed by atoms with Crippen molar-refractivity contribution in [2.75, 3.05) is 26.3 Å². The number of carbonyl (C=O) groups excluding carboxylic acids is 1. The summed E-state index contributed by atoms with van der Waals surface area (Å²) in [7, 11) is 0. The highest BCUT2D eigenvalue weighted by Crippen LogP contribution is 2.28. The highest BCUT2D eigenvalue weighted by molar-refractivity contribution is 6.31. The fraction of sp³-hybridized carbons (Fsp3) is 0.240. The van der Waals surface area contributed by atoms with E-state index in [1.807, 2.05) is 30.3 Å². The molecule has 0 spiro atoms. The molecule has 36 heavy (non-hydrogen) atoms. The molecular weight excluding hydrogens is 503 g/mol. The zero-order valence-corrected chi connectivity index (χ0v) is 20.6. The molecule has 4 aromatic rings. The molecule has 9 nitrogen and oxygen atoms in total. The number of halogens is 2. The molecule has 5 rings (SSSR count). The smallest absolute Gasteiger partial charge is 0.254 e. The third-order valence-electron chi connectivity index (χ3n) is 6.00. The van der Waals surface area contributed by atoms with Crippen LogP contribution in [0.5, 0.6) is 0 Å². The van der Waals surface area contributed by atoms with E-state index in [1.54, 1.807) is 29.3 Å². The molecule has 1 saturated heterocycles. The van der Waals surface area contributed by atoms with Crippen LogP contribution in [0.25, 0.3) is 16.9 Å². The van der Waals surface area contributed by atoms with Crippen molar-refractivity contribution >= 4 is 29.1 Å².